The minimum atomic E-state index is -0.237. The number of para-hydroxylation sites is 1. The van der Waals surface area contributed by atoms with Crippen LogP contribution in [0.1, 0.15) is 16.7 Å². The molecule has 2 amide bonds. The first kappa shape index (κ1) is 20.1. The number of carbonyl (C=O) groups excluding carboxylic acids is 2. The second-order valence-electron chi connectivity index (χ2n) is 6.65. The molecule has 0 saturated heterocycles. The summed E-state index contributed by atoms with van der Waals surface area (Å²) in [7, 11) is 1.61. The second-order valence-corrected chi connectivity index (χ2v) is 6.65. The highest BCUT2D eigenvalue weighted by Gasteiger charge is 2.08. The van der Waals surface area contributed by atoms with E-state index in [2.05, 4.69) is 22.8 Å². The Bertz CT molecular complexity index is 953. The van der Waals surface area contributed by atoms with Gasteiger partial charge in [0.25, 0.3) is 5.91 Å². The maximum atomic E-state index is 12.3. The molecular formula is C24H24N2O3. The van der Waals surface area contributed by atoms with Crippen molar-refractivity contribution >= 4 is 17.5 Å². The van der Waals surface area contributed by atoms with Gasteiger partial charge in [-0.15, -0.1) is 0 Å². The van der Waals surface area contributed by atoms with Crippen LogP contribution >= 0.6 is 0 Å². The molecule has 0 bridgehead atoms. The number of anilines is 1. The molecule has 0 aliphatic carbocycles. The monoisotopic (exact) mass is 388 g/mol. The van der Waals surface area contributed by atoms with Crippen LogP contribution in [0.2, 0.25) is 0 Å². The number of nitrogens with one attached hydrogen (secondary N) is 2. The van der Waals surface area contributed by atoms with Crippen molar-refractivity contribution in [3.05, 3.63) is 95.6 Å². The normalized spacial score (nSPS) is 10.2. The van der Waals surface area contributed by atoms with Crippen LogP contribution in [-0.2, 0) is 22.4 Å². The molecule has 0 aromatic heterocycles. The zero-order valence-corrected chi connectivity index (χ0v) is 16.4. The third kappa shape index (κ3) is 6.21. The summed E-state index contributed by atoms with van der Waals surface area (Å²) in [4.78, 5) is 23.7. The molecule has 3 rings (SSSR count). The van der Waals surface area contributed by atoms with E-state index in [1.54, 1.807) is 19.2 Å². The molecule has 0 aliphatic heterocycles. The first-order chi connectivity index (χ1) is 14.1. The Kier molecular flexibility index (Phi) is 7.00. The van der Waals surface area contributed by atoms with Gasteiger partial charge in [-0.2, -0.15) is 0 Å². The van der Waals surface area contributed by atoms with Gasteiger partial charge in [-0.1, -0.05) is 60.7 Å². The predicted octanol–water partition coefficient (Wildman–Crippen LogP) is 3.58. The maximum absolute atomic E-state index is 12.3. The Hall–Kier alpha value is -3.60. The van der Waals surface area contributed by atoms with Crippen molar-refractivity contribution in [2.45, 2.75) is 12.8 Å². The number of hydrogen-bond acceptors (Lipinski definition) is 3. The zero-order chi connectivity index (χ0) is 20.5. The molecule has 0 unspecified atom stereocenters. The smallest absolute Gasteiger partial charge is 0.262 e. The lowest BCUT2D eigenvalue weighted by atomic mass is 10.0. The number of amides is 2. The summed E-state index contributed by atoms with van der Waals surface area (Å²) in [6.07, 6.45) is 1.05. The van der Waals surface area contributed by atoms with Crippen molar-refractivity contribution in [2.75, 3.05) is 19.0 Å². The third-order valence-corrected chi connectivity index (χ3v) is 4.45. The first-order valence-electron chi connectivity index (χ1n) is 9.48. The lowest BCUT2D eigenvalue weighted by Crippen LogP contribution is -2.21. The number of likely N-dealkylation sites (N-methyl/N-ethyl adjacent to an activating group) is 1. The zero-order valence-electron chi connectivity index (χ0n) is 16.4. The number of rotatable bonds is 8. The van der Waals surface area contributed by atoms with Crippen molar-refractivity contribution in [3.63, 3.8) is 0 Å². The van der Waals surface area contributed by atoms with Crippen LogP contribution in [0.25, 0.3) is 0 Å². The summed E-state index contributed by atoms with van der Waals surface area (Å²) >= 11 is 0. The van der Waals surface area contributed by atoms with E-state index in [9.17, 15) is 9.59 Å². The van der Waals surface area contributed by atoms with E-state index < -0.39 is 0 Å². The molecule has 29 heavy (non-hydrogen) atoms. The number of hydrogen-bond donors (Lipinski definition) is 2. The first-order valence-corrected chi connectivity index (χ1v) is 9.48. The maximum Gasteiger partial charge on any atom is 0.262 e. The molecule has 0 atom stereocenters. The lowest BCUT2D eigenvalue weighted by molar-refractivity contribution is -0.120. The van der Waals surface area contributed by atoms with Gasteiger partial charge in [0, 0.05) is 19.2 Å². The van der Waals surface area contributed by atoms with E-state index in [0.29, 0.717) is 17.9 Å². The second kappa shape index (κ2) is 10.1. The quantitative estimate of drug-likeness (QED) is 0.620. The molecule has 0 aliphatic rings. The highest BCUT2D eigenvalue weighted by Crippen LogP contribution is 2.21. The van der Waals surface area contributed by atoms with Gasteiger partial charge in [-0.05, 0) is 34.9 Å². The van der Waals surface area contributed by atoms with Crippen LogP contribution in [0.3, 0.4) is 0 Å². The molecule has 0 saturated carbocycles. The van der Waals surface area contributed by atoms with E-state index in [1.165, 1.54) is 5.56 Å². The van der Waals surface area contributed by atoms with E-state index in [1.807, 2.05) is 54.6 Å². The Balaban J connectivity index is 1.55. The van der Waals surface area contributed by atoms with Crippen LogP contribution in [0.15, 0.2) is 78.9 Å². The van der Waals surface area contributed by atoms with Crippen LogP contribution < -0.4 is 15.4 Å². The number of ether oxygens (including phenoxy) is 1. The van der Waals surface area contributed by atoms with Gasteiger partial charge < -0.3 is 15.4 Å². The molecule has 0 spiro atoms. The molecule has 0 heterocycles. The highest BCUT2D eigenvalue weighted by molar-refractivity contribution is 5.92. The Morgan fingerprint density at radius 2 is 1.48 bits per heavy atom. The molecule has 0 radical (unpaired) electrons. The van der Waals surface area contributed by atoms with Crippen molar-refractivity contribution in [1.82, 2.24) is 5.32 Å². The molecule has 5 heteroatoms. The van der Waals surface area contributed by atoms with E-state index in [0.717, 1.165) is 17.5 Å². The molecule has 3 aromatic rings. The summed E-state index contributed by atoms with van der Waals surface area (Å²) in [5.41, 5.74) is 3.76. The standard InChI is InChI=1S/C24H24N2O3/c1-25-23(27)16-19-11-13-21(14-12-19)26-24(28)17-29-22-10-6-5-9-20(22)15-18-7-3-2-4-8-18/h2-14H,15-17H2,1H3,(H,25,27)(H,26,28). The van der Waals surface area contributed by atoms with Gasteiger partial charge in [-0.3, -0.25) is 9.59 Å². The fraction of sp³-hybridized carbons (Fsp3) is 0.167. The van der Waals surface area contributed by atoms with Gasteiger partial charge in [-0.25, -0.2) is 0 Å². The Labute approximate surface area is 170 Å². The topological polar surface area (TPSA) is 67.4 Å². The van der Waals surface area contributed by atoms with Crippen LogP contribution in [-0.4, -0.2) is 25.5 Å². The van der Waals surface area contributed by atoms with Crippen LogP contribution in [0, 0.1) is 0 Å². The molecule has 2 N–H and O–H groups in total. The summed E-state index contributed by atoms with van der Waals surface area (Å²) in [6.45, 7) is -0.0776. The average molecular weight is 388 g/mol. The minimum absolute atomic E-state index is 0.0515. The third-order valence-electron chi connectivity index (χ3n) is 4.45. The van der Waals surface area contributed by atoms with Gasteiger partial charge in [0.1, 0.15) is 5.75 Å². The van der Waals surface area contributed by atoms with Gasteiger partial charge in [0.05, 0.1) is 6.42 Å². The van der Waals surface area contributed by atoms with Gasteiger partial charge in [0.2, 0.25) is 5.91 Å². The fourth-order valence-electron chi connectivity index (χ4n) is 2.93. The van der Waals surface area contributed by atoms with Crippen molar-refractivity contribution in [1.29, 1.82) is 0 Å². The summed E-state index contributed by atoms with van der Waals surface area (Å²) < 4.78 is 5.77. The van der Waals surface area contributed by atoms with Gasteiger partial charge >= 0.3 is 0 Å². The Morgan fingerprint density at radius 1 is 0.793 bits per heavy atom. The SMILES string of the molecule is CNC(=O)Cc1ccc(NC(=O)COc2ccccc2Cc2ccccc2)cc1. The number of carbonyl (C=O) groups is 2. The molecule has 0 fully saturated rings. The minimum Gasteiger partial charge on any atom is -0.483 e. The van der Waals surface area contributed by atoms with Crippen LogP contribution in [0.5, 0.6) is 5.75 Å². The molecule has 5 nitrogen and oxygen atoms in total. The number of benzene rings is 3. The Morgan fingerprint density at radius 3 is 2.21 bits per heavy atom. The van der Waals surface area contributed by atoms with E-state index >= 15 is 0 Å². The molecule has 148 valence electrons. The van der Waals surface area contributed by atoms with Crippen LogP contribution in [0.4, 0.5) is 5.69 Å². The van der Waals surface area contributed by atoms with E-state index in [-0.39, 0.29) is 18.4 Å². The summed E-state index contributed by atoms with van der Waals surface area (Å²) in [6, 6.07) is 25.1. The predicted molar refractivity (Wildman–Crippen MR) is 114 cm³/mol. The fourth-order valence-corrected chi connectivity index (χ4v) is 2.93. The highest BCUT2D eigenvalue weighted by atomic mass is 16.5. The summed E-state index contributed by atoms with van der Waals surface area (Å²) in [5.74, 6) is 0.412. The molecule has 3 aromatic carbocycles. The van der Waals surface area contributed by atoms with Crippen molar-refractivity contribution in [3.8, 4) is 5.75 Å². The van der Waals surface area contributed by atoms with E-state index in [4.69, 9.17) is 4.74 Å². The lowest BCUT2D eigenvalue weighted by Gasteiger charge is -2.12. The summed E-state index contributed by atoms with van der Waals surface area (Å²) in [5, 5.41) is 5.40. The average Bonchev–Trinajstić information content (AvgIpc) is 2.75. The van der Waals surface area contributed by atoms with Crippen molar-refractivity contribution in [2.24, 2.45) is 0 Å². The van der Waals surface area contributed by atoms with Gasteiger partial charge in [0.15, 0.2) is 6.61 Å². The van der Waals surface area contributed by atoms with Crippen molar-refractivity contribution < 1.29 is 14.3 Å². The molecular weight excluding hydrogens is 364 g/mol. The largest absolute Gasteiger partial charge is 0.483 e.